The smallest absolute Gasteiger partial charge is 0.375 e. The minimum Gasteiger partial charge on any atom is -0.375 e. The van der Waals surface area contributed by atoms with E-state index in [2.05, 4.69) is 15.2 Å². The quantitative estimate of drug-likeness (QED) is 0.314. The molecule has 1 aliphatic rings. The van der Waals surface area contributed by atoms with E-state index < -0.39 is 25.2 Å². The van der Waals surface area contributed by atoms with Crippen molar-refractivity contribution in [2.45, 2.75) is 12.6 Å². The number of H-pyrrole nitrogens is 1. The molecule has 6 nitrogen and oxygen atoms in total. The third kappa shape index (κ3) is 4.70. The molecule has 0 unspecified atom stereocenters. The molecule has 0 atom stereocenters. The fourth-order valence-corrected chi connectivity index (χ4v) is 7.24. The Morgan fingerprint density at radius 1 is 1.00 bits per heavy atom. The first-order valence-corrected chi connectivity index (χ1v) is 13.4. The zero-order valence-corrected chi connectivity index (χ0v) is 19.9. The van der Waals surface area contributed by atoms with Gasteiger partial charge in [-0.05, 0) is 35.9 Å². The number of nitrogens with one attached hydrogen (secondary N) is 1. The molecule has 2 aromatic carbocycles. The maximum Gasteiger partial charge on any atom is 0.433 e. The first-order chi connectivity index (χ1) is 17.1. The molecule has 0 spiro atoms. The van der Waals surface area contributed by atoms with Crippen LogP contribution < -0.4 is 15.8 Å². The second kappa shape index (κ2) is 9.26. The SMILES string of the molecule is O=c1[nH]nc(Cc2ccc(F)c([P]3(O)CCN(c4cccc(C(F)(F)F)n4)CC3)c2)c2ccccc12. The van der Waals surface area contributed by atoms with E-state index in [0.29, 0.717) is 22.9 Å². The Bertz CT molecular complexity index is 1480. The van der Waals surface area contributed by atoms with Crippen LogP contribution in [0.25, 0.3) is 10.8 Å². The van der Waals surface area contributed by atoms with Gasteiger partial charge in [0.1, 0.15) is 17.3 Å². The molecular formula is C25H22F4N4O2P. The van der Waals surface area contributed by atoms with Crippen molar-refractivity contribution in [2.75, 3.05) is 30.3 Å². The minimum atomic E-state index is -4.55. The molecule has 0 amide bonds. The number of nitrogens with zero attached hydrogens (tertiary/aromatic N) is 3. The Morgan fingerprint density at radius 3 is 2.44 bits per heavy atom. The lowest BCUT2D eigenvalue weighted by atomic mass is 10.0. The summed E-state index contributed by atoms with van der Waals surface area (Å²) < 4.78 is 54.0. The van der Waals surface area contributed by atoms with Crippen molar-refractivity contribution in [3.8, 4) is 0 Å². The van der Waals surface area contributed by atoms with Gasteiger partial charge in [-0.2, -0.15) is 18.3 Å². The molecule has 0 aliphatic carbocycles. The largest absolute Gasteiger partial charge is 0.433 e. The van der Waals surface area contributed by atoms with Gasteiger partial charge in [-0.15, -0.1) is 0 Å². The van der Waals surface area contributed by atoms with Crippen molar-refractivity contribution in [2.24, 2.45) is 0 Å². The van der Waals surface area contributed by atoms with Crippen LogP contribution in [0.1, 0.15) is 17.0 Å². The topological polar surface area (TPSA) is 82.1 Å². The van der Waals surface area contributed by atoms with E-state index in [4.69, 9.17) is 0 Å². The van der Waals surface area contributed by atoms with Gasteiger partial charge in [0.25, 0.3) is 5.56 Å². The predicted octanol–water partition coefficient (Wildman–Crippen LogP) is 4.14. The van der Waals surface area contributed by atoms with E-state index in [1.807, 2.05) is 6.07 Å². The number of rotatable bonds is 4. The number of hydrogen-bond acceptors (Lipinski definition) is 5. The Balaban J connectivity index is 1.38. The highest BCUT2D eigenvalue weighted by Gasteiger charge is 2.36. The van der Waals surface area contributed by atoms with Gasteiger partial charge in [0, 0.05) is 50.0 Å². The highest BCUT2D eigenvalue weighted by atomic mass is 31.2. The maximum absolute atomic E-state index is 14.9. The lowest BCUT2D eigenvalue weighted by molar-refractivity contribution is -0.141. The van der Waals surface area contributed by atoms with Crippen molar-refractivity contribution >= 4 is 29.4 Å². The molecule has 36 heavy (non-hydrogen) atoms. The summed E-state index contributed by atoms with van der Waals surface area (Å²) >= 11 is 0. The van der Waals surface area contributed by atoms with Crippen LogP contribution in [-0.4, -0.2) is 45.5 Å². The van der Waals surface area contributed by atoms with Crippen molar-refractivity contribution in [3.63, 3.8) is 0 Å². The molecular weight excluding hydrogens is 495 g/mol. The lowest BCUT2D eigenvalue weighted by Gasteiger charge is -2.40. The second-order valence-electron chi connectivity index (χ2n) is 8.74. The zero-order valence-electron chi connectivity index (χ0n) is 19.0. The number of fused-ring (bicyclic) bond motifs is 1. The van der Waals surface area contributed by atoms with Gasteiger partial charge >= 0.3 is 6.18 Å². The molecule has 5 rings (SSSR count). The monoisotopic (exact) mass is 517 g/mol. The van der Waals surface area contributed by atoms with Gasteiger partial charge in [-0.3, -0.25) is 4.79 Å². The van der Waals surface area contributed by atoms with Crippen LogP contribution in [0.3, 0.4) is 0 Å². The average Bonchev–Trinajstić information content (AvgIpc) is 2.87. The van der Waals surface area contributed by atoms with Gasteiger partial charge in [-0.1, -0.05) is 30.3 Å². The van der Waals surface area contributed by atoms with Crippen LogP contribution in [0.15, 0.2) is 65.5 Å². The van der Waals surface area contributed by atoms with Crippen LogP contribution >= 0.6 is 7.49 Å². The number of aromatic amines is 1. The normalized spacial score (nSPS) is 15.9. The molecule has 11 heteroatoms. The Hall–Kier alpha value is -3.36. The molecule has 1 radical (unpaired) electrons. The lowest BCUT2D eigenvalue weighted by Crippen LogP contribution is -2.40. The highest BCUT2D eigenvalue weighted by Crippen LogP contribution is 2.55. The first-order valence-electron chi connectivity index (χ1n) is 11.3. The third-order valence-corrected chi connectivity index (χ3v) is 9.55. The van der Waals surface area contributed by atoms with Gasteiger partial charge in [0.05, 0.1) is 11.1 Å². The Kier molecular flexibility index (Phi) is 6.26. The summed E-state index contributed by atoms with van der Waals surface area (Å²) in [5, 5.41) is 8.11. The molecule has 2 N–H and O–H groups in total. The number of benzene rings is 2. The highest BCUT2D eigenvalue weighted by molar-refractivity contribution is 7.77. The second-order valence-corrected chi connectivity index (χ2v) is 12.0. The predicted molar refractivity (Wildman–Crippen MR) is 132 cm³/mol. The molecule has 1 fully saturated rings. The molecule has 3 heterocycles. The van der Waals surface area contributed by atoms with Gasteiger partial charge in [0.2, 0.25) is 0 Å². The number of alkyl halides is 3. The van der Waals surface area contributed by atoms with E-state index in [1.54, 1.807) is 35.2 Å². The van der Waals surface area contributed by atoms with Crippen LogP contribution in [0.2, 0.25) is 0 Å². The van der Waals surface area contributed by atoms with Gasteiger partial charge in [0.15, 0.2) is 0 Å². The van der Waals surface area contributed by atoms with E-state index >= 15 is 0 Å². The molecule has 187 valence electrons. The Labute approximate surface area is 204 Å². The Morgan fingerprint density at radius 2 is 1.72 bits per heavy atom. The van der Waals surface area contributed by atoms with Crippen LogP contribution in [0, 0.1) is 5.82 Å². The minimum absolute atomic E-state index is 0.182. The van der Waals surface area contributed by atoms with Gasteiger partial charge in [-0.25, -0.2) is 14.5 Å². The van der Waals surface area contributed by atoms with Crippen molar-refractivity contribution in [1.29, 1.82) is 0 Å². The number of halogens is 4. The first kappa shape index (κ1) is 24.3. The van der Waals surface area contributed by atoms with E-state index in [1.165, 1.54) is 18.2 Å². The summed E-state index contributed by atoms with van der Waals surface area (Å²) in [6.07, 6.45) is -3.77. The fourth-order valence-electron chi connectivity index (χ4n) is 4.51. The maximum atomic E-state index is 14.9. The average molecular weight is 517 g/mol. The molecule has 2 aromatic heterocycles. The summed E-state index contributed by atoms with van der Waals surface area (Å²) in [6.45, 7) is 0.517. The standard InChI is InChI=1S/C25H22F4N4O2P/c26-19-9-8-16(14-20-17-4-1-2-5-18(17)24(34)32-31-20)15-21(19)36(35)12-10-33(11-13-36)23-7-3-6-22(30-23)25(27,28)29/h1-9,15,35H,10-14H2,(H,32,34). The summed E-state index contributed by atoms with van der Waals surface area (Å²) in [5.41, 5.74) is 0.0826. The molecule has 0 saturated carbocycles. The van der Waals surface area contributed by atoms with Gasteiger partial charge < -0.3 is 9.79 Å². The number of anilines is 1. The number of aromatic nitrogens is 3. The summed E-state index contributed by atoms with van der Waals surface area (Å²) in [6, 6.07) is 15.4. The zero-order chi connectivity index (χ0) is 25.5. The number of pyridine rings is 1. The van der Waals surface area contributed by atoms with E-state index in [0.717, 1.165) is 11.6 Å². The summed E-state index contributed by atoms with van der Waals surface area (Å²) in [7, 11) is -2.89. The number of hydrogen-bond donors (Lipinski definition) is 2. The van der Waals surface area contributed by atoms with E-state index in [9.17, 15) is 27.2 Å². The third-order valence-electron chi connectivity index (χ3n) is 6.43. The molecule has 1 aliphatic heterocycles. The summed E-state index contributed by atoms with van der Waals surface area (Å²) in [5.74, 6) is -0.333. The van der Waals surface area contributed by atoms with Crippen LogP contribution in [0.5, 0.6) is 0 Å². The fraction of sp³-hybridized carbons (Fsp3) is 0.240. The van der Waals surface area contributed by atoms with Crippen LogP contribution in [0.4, 0.5) is 23.4 Å². The van der Waals surface area contributed by atoms with Crippen molar-refractivity contribution in [1.82, 2.24) is 15.2 Å². The molecule has 4 aromatic rings. The van der Waals surface area contributed by atoms with Crippen LogP contribution in [-0.2, 0) is 12.6 Å². The molecule has 0 bridgehead atoms. The van der Waals surface area contributed by atoms with Crippen molar-refractivity contribution < 1.29 is 22.5 Å². The van der Waals surface area contributed by atoms with Crippen molar-refractivity contribution in [3.05, 3.63) is 93.8 Å². The molecule has 1 saturated heterocycles. The van der Waals surface area contributed by atoms with E-state index in [-0.39, 0.29) is 42.1 Å². The summed E-state index contributed by atoms with van der Waals surface area (Å²) in [4.78, 5) is 28.9.